The van der Waals surface area contributed by atoms with Crippen molar-refractivity contribution >= 4 is 16.9 Å². The molecule has 5 nitrogen and oxygen atoms in total. The predicted octanol–water partition coefficient (Wildman–Crippen LogP) is 2.05. The Kier molecular flexibility index (Phi) is 4.16. The molecule has 0 aliphatic heterocycles. The van der Waals surface area contributed by atoms with Crippen molar-refractivity contribution in [1.29, 1.82) is 0 Å². The number of amides is 1. The number of nitrogens with zero attached hydrogens (tertiary/aromatic N) is 2. The first-order valence-corrected chi connectivity index (χ1v) is 7.36. The minimum Gasteiger partial charge on any atom is -0.350 e. The zero-order chi connectivity index (χ0) is 17.3. The summed E-state index contributed by atoms with van der Waals surface area (Å²) in [6.07, 6.45) is 0. The Labute approximate surface area is 136 Å². The van der Waals surface area contributed by atoms with Crippen LogP contribution in [-0.2, 0) is 13.6 Å². The fourth-order valence-corrected chi connectivity index (χ4v) is 2.60. The minimum absolute atomic E-state index is 0.0270. The summed E-state index contributed by atoms with van der Waals surface area (Å²) in [5.74, 6) is -2.61. The van der Waals surface area contributed by atoms with Gasteiger partial charge in [-0.25, -0.2) is 13.6 Å². The SMILES string of the molecule is Cn1c(=O)n(CCNC(=O)c2ccc(F)c(F)c2)c2ccccc21. The second kappa shape index (κ2) is 6.27. The third-order valence-electron chi connectivity index (χ3n) is 3.85. The van der Waals surface area contributed by atoms with Crippen LogP contribution < -0.4 is 11.0 Å². The molecule has 3 aromatic rings. The second-order valence-corrected chi connectivity index (χ2v) is 5.37. The quantitative estimate of drug-likeness (QED) is 0.795. The molecule has 1 amide bonds. The number of hydrogen-bond acceptors (Lipinski definition) is 2. The summed E-state index contributed by atoms with van der Waals surface area (Å²) in [4.78, 5) is 24.2. The van der Waals surface area contributed by atoms with Crippen molar-refractivity contribution in [3.63, 3.8) is 0 Å². The maximum Gasteiger partial charge on any atom is 0.328 e. The van der Waals surface area contributed by atoms with Crippen LogP contribution in [0.3, 0.4) is 0 Å². The molecule has 2 aromatic carbocycles. The number of halogens is 2. The zero-order valence-corrected chi connectivity index (χ0v) is 12.9. The number of aromatic nitrogens is 2. The average Bonchev–Trinajstić information content (AvgIpc) is 2.82. The highest BCUT2D eigenvalue weighted by atomic mass is 19.2. The highest BCUT2D eigenvalue weighted by molar-refractivity contribution is 5.94. The van der Waals surface area contributed by atoms with Crippen molar-refractivity contribution in [3.05, 3.63) is 70.1 Å². The summed E-state index contributed by atoms with van der Waals surface area (Å²) in [5.41, 5.74) is 1.42. The Morgan fingerprint density at radius 3 is 2.50 bits per heavy atom. The van der Waals surface area contributed by atoms with E-state index in [9.17, 15) is 18.4 Å². The van der Waals surface area contributed by atoms with E-state index in [-0.39, 0.29) is 24.3 Å². The average molecular weight is 331 g/mol. The van der Waals surface area contributed by atoms with Crippen molar-refractivity contribution < 1.29 is 13.6 Å². The molecule has 3 rings (SSSR count). The molecule has 0 radical (unpaired) electrons. The largest absolute Gasteiger partial charge is 0.350 e. The standard InChI is InChI=1S/C17H15F2N3O2/c1-21-14-4-2-3-5-15(14)22(17(21)24)9-8-20-16(23)11-6-7-12(18)13(19)10-11/h2-7,10H,8-9H2,1H3,(H,20,23). The van der Waals surface area contributed by atoms with Gasteiger partial charge in [0, 0.05) is 25.7 Å². The number of fused-ring (bicyclic) bond motifs is 1. The third-order valence-corrected chi connectivity index (χ3v) is 3.85. The number of carbonyl (C=O) groups is 1. The lowest BCUT2D eigenvalue weighted by molar-refractivity contribution is 0.0951. The number of para-hydroxylation sites is 2. The normalized spacial score (nSPS) is 11.0. The second-order valence-electron chi connectivity index (χ2n) is 5.37. The molecule has 7 heteroatoms. The van der Waals surface area contributed by atoms with Crippen molar-refractivity contribution in [2.24, 2.45) is 7.05 Å². The fraction of sp³-hybridized carbons (Fsp3) is 0.176. The van der Waals surface area contributed by atoms with Gasteiger partial charge in [-0.3, -0.25) is 13.9 Å². The Morgan fingerprint density at radius 1 is 1.08 bits per heavy atom. The molecule has 0 bridgehead atoms. The first kappa shape index (κ1) is 15.9. The zero-order valence-electron chi connectivity index (χ0n) is 12.9. The van der Waals surface area contributed by atoms with Crippen LogP contribution in [0, 0.1) is 11.6 Å². The lowest BCUT2D eigenvalue weighted by Gasteiger charge is -2.07. The van der Waals surface area contributed by atoms with E-state index in [0.717, 1.165) is 23.2 Å². The van der Waals surface area contributed by atoms with Gasteiger partial charge in [-0.15, -0.1) is 0 Å². The van der Waals surface area contributed by atoms with E-state index in [2.05, 4.69) is 5.32 Å². The van der Waals surface area contributed by atoms with E-state index in [1.54, 1.807) is 11.6 Å². The molecule has 0 saturated carbocycles. The summed E-state index contributed by atoms with van der Waals surface area (Å²) in [6.45, 7) is 0.460. The molecular weight excluding hydrogens is 316 g/mol. The molecule has 1 aromatic heterocycles. The van der Waals surface area contributed by atoms with Gasteiger partial charge in [0.1, 0.15) is 0 Å². The van der Waals surface area contributed by atoms with Gasteiger partial charge in [-0.05, 0) is 30.3 Å². The summed E-state index contributed by atoms with van der Waals surface area (Å²) < 4.78 is 29.1. The molecule has 0 saturated heterocycles. The topological polar surface area (TPSA) is 56.0 Å². The molecule has 0 aliphatic carbocycles. The van der Waals surface area contributed by atoms with Crippen LogP contribution in [0.15, 0.2) is 47.3 Å². The van der Waals surface area contributed by atoms with E-state index in [1.165, 1.54) is 10.6 Å². The summed E-state index contributed by atoms with van der Waals surface area (Å²) in [6, 6.07) is 10.3. The van der Waals surface area contributed by atoms with Crippen molar-refractivity contribution in [2.45, 2.75) is 6.54 Å². The van der Waals surface area contributed by atoms with Crippen molar-refractivity contribution in [3.8, 4) is 0 Å². The first-order valence-electron chi connectivity index (χ1n) is 7.36. The summed E-state index contributed by atoms with van der Waals surface area (Å²) in [5, 5.41) is 2.60. The lowest BCUT2D eigenvalue weighted by Crippen LogP contribution is -2.31. The number of hydrogen-bond donors (Lipinski definition) is 1. The highest BCUT2D eigenvalue weighted by Crippen LogP contribution is 2.11. The predicted molar refractivity (Wildman–Crippen MR) is 85.9 cm³/mol. The molecule has 124 valence electrons. The maximum atomic E-state index is 13.2. The maximum absolute atomic E-state index is 13.2. The van der Waals surface area contributed by atoms with E-state index < -0.39 is 17.5 Å². The van der Waals surface area contributed by atoms with E-state index in [0.29, 0.717) is 0 Å². The van der Waals surface area contributed by atoms with Gasteiger partial charge < -0.3 is 5.32 Å². The molecule has 0 spiro atoms. The fourth-order valence-electron chi connectivity index (χ4n) is 2.60. The third kappa shape index (κ3) is 2.80. The van der Waals surface area contributed by atoms with Gasteiger partial charge in [0.25, 0.3) is 5.91 Å². The number of benzene rings is 2. The number of aryl methyl sites for hydroxylation is 1. The van der Waals surface area contributed by atoms with E-state index >= 15 is 0 Å². The van der Waals surface area contributed by atoms with Crippen LogP contribution in [0.1, 0.15) is 10.4 Å². The molecule has 0 atom stereocenters. The van der Waals surface area contributed by atoms with Crippen molar-refractivity contribution in [1.82, 2.24) is 14.5 Å². The molecule has 1 heterocycles. The summed E-state index contributed by atoms with van der Waals surface area (Å²) >= 11 is 0. The molecule has 24 heavy (non-hydrogen) atoms. The smallest absolute Gasteiger partial charge is 0.328 e. The molecular formula is C17H15F2N3O2. The van der Waals surface area contributed by atoms with Crippen LogP contribution >= 0.6 is 0 Å². The van der Waals surface area contributed by atoms with Gasteiger partial charge in [0.15, 0.2) is 11.6 Å². The van der Waals surface area contributed by atoms with Crippen LogP contribution in [0.5, 0.6) is 0 Å². The van der Waals surface area contributed by atoms with Crippen molar-refractivity contribution in [2.75, 3.05) is 6.54 Å². The highest BCUT2D eigenvalue weighted by Gasteiger charge is 2.12. The van der Waals surface area contributed by atoms with Crippen LogP contribution in [0.25, 0.3) is 11.0 Å². The lowest BCUT2D eigenvalue weighted by atomic mass is 10.2. The number of imidazole rings is 1. The molecule has 1 N–H and O–H groups in total. The van der Waals surface area contributed by atoms with Gasteiger partial charge in [-0.1, -0.05) is 12.1 Å². The van der Waals surface area contributed by atoms with Crippen LogP contribution in [0.4, 0.5) is 8.78 Å². The van der Waals surface area contributed by atoms with Gasteiger partial charge in [0.2, 0.25) is 0 Å². The minimum atomic E-state index is -1.08. The van der Waals surface area contributed by atoms with Crippen LogP contribution in [0.2, 0.25) is 0 Å². The monoisotopic (exact) mass is 331 g/mol. The molecule has 0 aliphatic rings. The number of carbonyl (C=O) groups excluding carboxylic acids is 1. The van der Waals surface area contributed by atoms with Gasteiger partial charge >= 0.3 is 5.69 Å². The Bertz CT molecular complexity index is 976. The van der Waals surface area contributed by atoms with E-state index in [1.807, 2.05) is 24.3 Å². The summed E-state index contributed by atoms with van der Waals surface area (Å²) in [7, 11) is 1.68. The van der Waals surface area contributed by atoms with Gasteiger partial charge in [0.05, 0.1) is 11.0 Å². The molecule has 0 fully saturated rings. The number of nitrogens with one attached hydrogen (secondary N) is 1. The Hall–Kier alpha value is -2.96. The Morgan fingerprint density at radius 2 is 1.79 bits per heavy atom. The first-order chi connectivity index (χ1) is 11.5. The number of rotatable bonds is 4. The Balaban J connectivity index is 1.73. The van der Waals surface area contributed by atoms with Gasteiger partial charge in [-0.2, -0.15) is 0 Å². The van der Waals surface area contributed by atoms with E-state index in [4.69, 9.17) is 0 Å². The molecule has 0 unspecified atom stereocenters. The van der Waals surface area contributed by atoms with Crippen LogP contribution in [-0.4, -0.2) is 21.6 Å².